The number of aryl methyl sites for hydroxylation is 1. The van der Waals surface area contributed by atoms with E-state index >= 15 is 0 Å². The summed E-state index contributed by atoms with van der Waals surface area (Å²) in [6.45, 7) is 6.02. The summed E-state index contributed by atoms with van der Waals surface area (Å²) in [6.07, 6.45) is 5.49. The molecular formula is C15H21N5. The van der Waals surface area contributed by atoms with Crippen molar-refractivity contribution in [2.75, 3.05) is 31.1 Å². The van der Waals surface area contributed by atoms with Crippen molar-refractivity contribution in [1.29, 1.82) is 5.26 Å². The second-order valence-electron chi connectivity index (χ2n) is 5.77. The maximum atomic E-state index is 9.00. The van der Waals surface area contributed by atoms with E-state index < -0.39 is 0 Å². The lowest BCUT2D eigenvalue weighted by atomic mass is 10.2. The zero-order valence-electron chi connectivity index (χ0n) is 12.0. The Hall–Kier alpha value is -1.67. The summed E-state index contributed by atoms with van der Waals surface area (Å²) in [5.41, 5.74) is 1.33. The second kappa shape index (κ2) is 5.76. The minimum absolute atomic E-state index is 0.464. The predicted molar refractivity (Wildman–Crippen MR) is 77.5 cm³/mol. The summed E-state index contributed by atoms with van der Waals surface area (Å²) >= 11 is 0. The normalized spacial score (nSPS) is 21.1. The summed E-state index contributed by atoms with van der Waals surface area (Å²) in [5, 5.41) is 9.00. The molecule has 0 N–H and O–H groups in total. The molecule has 1 aromatic heterocycles. The molecule has 3 rings (SSSR count). The third-order valence-corrected chi connectivity index (χ3v) is 4.40. The Balaban J connectivity index is 1.65. The smallest absolute Gasteiger partial charge is 0.226 e. The third kappa shape index (κ3) is 2.75. The fraction of sp³-hybridized carbons (Fsp3) is 0.667. The first-order chi connectivity index (χ1) is 9.76. The van der Waals surface area contributed by atoms with Gasteiger partial charge in [0.2, 0.25) is 5.95 Å². The van der Waals surface area contributed by atoms with Crippen LogP contribution in [0.2, 0.25) is 0 Å². The van der Waals surface area contributed by atoms with Gasteiger partial charge in [0.05, 0.1) is 0 Å². The van der Waals surface area contributed by atoms with Crippen molar-refractivity contribution >= 4 is 5.95 Å². The van der Waals surface area contributed by atoms with Gasteiger partial charge >= 0.3 is 0 Å². The van der Waals surface area contributed by atoms with E-state index in [1.54, 1.807) is 6.07 Å². The number of nitriles is 1. The van der Waals surface area contributed by atoms with Crippen molar-refractivity contribution in [3.8, 4) is 6.07 Å². The molecule has 1 saturated heterocycles. The first-order valence-corrected chi connectivity index (χ1v) is 7.51. The Morgan fingerprint density at radius 3 is 2.50 bits per heavy atom. The number of hydrogen-bond acceptors (Lipinski definition) is 5. The fourth-order valence-electron chi connectivity index (χ4n) is 3.31. The van der Waals surface area contributed by atoms with Crippen LogP contribution in [0.3, 0.4) is 0 Å². The Labute approximate surface area is 120 Å². The lowest BCUT2D eigenvalue weighted by Crippen LogP contribution is -2.50. The van der Waals surface area contributed by atoms with E-state index in [0.717, 1.165) is 37.9 Å². The zero-order chi connectivity index (χ0) is 13.9. The zero-order valence-corrected chi connectivity index (χ0v) is 12.0. The van der Waals surface area contributed by atoms with Crippen LogP contribution in [0.5, 0.6) is 0 Å². The molecule has 5 nitrogen and oxygen atoms in total. The highest BCUT2D eigenvalue weighted by Crippen LogP contribution is 2.25. The Morgan fingerprint density at radius 2 is 1.85 bits per heavy atom. The number of anilines is 1. The van der Waals surface area contributed by atoms with Gasteiger partial charge in [0.25, 0.3) is 0 Å². The van der Waals surface area contributed by atoms with Gasteiger partial charge in [0.1, 0.15) is 11.8 Å². The van der Waals surface area contributed by atoms with Gasteiger partial charge in [-0.25, -0.2) is 9.97 Å². The van der Waals surface area contributed by atoms with Gasteiger partial charge in [-0.2, -0.15) is 5.26 Å². The maximum absolute atomic E-state index is 9.00. The van der Waals surface area contributed by atoms with E-state index in [1.807, 2.05) is 6.92 Å². The molecule has 0 aromatic carbocycles. The largest absolute Gasteiger partial charge is 0.338 e. The number of hydrogen-bond donors (Lipinski definition) is 0. The first kappa shape index (κ1) is 13.3. The van der Waals surface area contributed by atoms with Gasteiger partial charge in [0, 0.05) is 37.9 Å². The van der Waals surface area contributed by atoms with Crippen molar-refractivity contribution in [3.63, 3.8) is 0 Å². The summed E-state index contributed by atoms with van der Waals surface area (Å²) < 4.78 is 0. The Morgan fingerprint density at radius 1 is 1.15 bits per heavy atom. The number of piperazine rings is 1. The highest BCUT2D eigenvalue weighted by atomic mass is 15.3. The van der Waals surface area contributed by atoms with Crippen LogP contribution in [-0.2, 0) is 0 Å². The molecular weight excluding hydrogens is 250 g/mol. The van der Waals surface area contributed by atoms with Gasteiger partial charge in [0.15, 0.2) is 0 Å². The van der Waals surface area contributed by atoms with Gasteiger partial charge in [-0.1, -0.05) is 12.8 Å². The molecule has 20 heavy (non-hydrogen) atoms. The molecule has 2 heterocycles. The molecule has 0 unspecified atom stereocenters. The molecule has 106 valence electrons. The lowest BCUT2D eigenvalue weighted by molar-refractivity contribution is 0.187. The maximum Gasteiger partial charge on any atom is 0.226 e. The molecule has 5 heteroatoms. The number of rotatable bonds is 2. The monoisotopic (exact) mass is 271 g/mol. The van der Waals surface area contributed by atoms with Crippen LogP contribution in [0.1, 0.15) is 37.1 Å². The average Bonchev–Trinajstić information content (AvgIpc) is 3.01. The van der Waals surface area contributed by atoms with Gasteiger partial charge < -0.3 is 4.90 Å². The van der Waals surface area contributed by atoms with Crippen LogP contribution in [0.15, 0.2) is 6.07 Å². The molecule has 0 atom stereocenters. The molecule has 2 fully saturated rings. The summed E-state index contributed by atoms with van der Waals surface area (Å²) in [5.74, 6) is 0.715. The number of nitrogens with zero attached hydrogens (tertiary/aromatic N) is 5. The number of aromatic nitrogens is 2. The van der Waals surface area contributed by atoms with E-state index in [9.17, 15) is 0 Å². The summed E-state index contributed by atoms with van der Waals surface area (Å²) in [7, 11) is 0. The first-order valence-electron chi connectivity index (χ1n) is 7.51. The van der Waals surface area contributed by atoms with Crippen molar-refractivity contribution in [2.24, 2.45) is 0 Å². The van der Waals surface area contributed by atoms with Crippen LogP contribution in [0.4, 0.5) is 5.95 Å². The third-order valence-electron chi connectivity index (χ3n) is 4.40. The SMILES string of the molecule is Cc1cc(C#N)nc(N2CCN(C3CCCC3)CC2)n1. The standard InChI is InChI=1S/C15H21N5/c1-12-10-13(11-16)18-15(17-12)20-8-6-19(7-9-20)14-4-2-3-5-14/h10,14H,2-9H2,1H3. The van der Waals surface area contributed by atoms with E-state index in [2.05, 4.69) is 25.8 Å². The fourth-order valence-corrected chi connectivity index (χ4v) is 3.31. The van der Waals surface area contributed by atoms with Crippen LogP contribution in [0, 0.1) is 18.3 Å². The van der Waals surface area contributed by atoms with E-state index in [1.165, 1.54) is 25.7 Å². The molecule has 1 aliphatic carbocycles. The highest BCUT2D eigenvalue weighted by Gasteiger charge is 2.27. The van der Waals surface area contributed by atoms with E-state index in [-0.39, 0.29) is 0 Å². The molecule has 0 bridgehead atoms. The van der Waals surface area contributed by atoms with Crippen molar-refractivity contribution in [3.05, 3.63) is 17.5 Å². The topological polar surface area (TPSA) is 56.1 Å². The van der Waals surface area contributed by atoms with Gasteiger partial charge in [-0.15, -0.1) is 0 Å². The van der Waals surface area contributed by atoms with Crippen molar-refractivity contribution in [2.45, 2.75) is 38.6 Å². The second-order valence-corrected chi connectivity index (χ2v) is 5.77. The molecule has 0 spiro atoms. The highest BCUT2D eigenvalue weighted by molar-refractivity contribution is 5.36. The minimum atomic E-state index is 0.464. The molecule has 0 radical (unpaired) electrons. The van der Waals surface area contributed by atoms with Crippen LogP contribution >= 0.6 is 0 Å². The van der Waals surface area contributed by atoms with Gasteiger partial charge in [-0.05, 0) is 25.8 Å². The van der Waals surface area contributed by atoms with Crippen LogP contribution < -0.4 is 4.90 Å². The molecule has 0 amide bonds. The molecule has 1 saturated carbocycles. The summed E-state index contributed by atoms with van der Waals surface area (Å²) in [6, 6.07) is 4.64. The predicted octanol–water partition coefficient (Wildman–Crippen LogP) is 1.72. The molecule has 1 aliphatic heterocycles. The van der Waals surface area contributed by atoms with Crippen molar-refractivity contribution in [1.82, 2.24) is 14.9 Å². The van der Waals surface area contributed by atoms with Crippen LogP contribution in [-0.4, -0.2) is 47.1 Å². The van der Waals surface area contributed by atoms with Crippen molar-refractivity contribution < 1.29 is 0 Å². The Bertz CT molecular complexity index is 507. The average molecular weight is 271 g/mol. The Kier molecular flexibility index (Phi) is 3.83. The lowest BCUT2D eigenvalue weighted by Gasteiger charge is -2.38. The molecule has 2 aliphatic rings. The van der Waals surface area contributed by atoms with Gasteiger partial charge in [-0.3, -0.25) is 4.90 Å². The van der Waals surface area contributed by atoms with E-state index in [0.29, 0.717) is 11.6 Å². The van der Waals surface area contributed by atoms with Crippen LogP contribution in [0.25, 0.3) is 0 Å². The van der Waals surface area contributed by atoms with E-state index in [4.69, 9.17) is 5.26 Å². The summed E-state index contributed by atoms with van der Waals surface area (Å²) in [4.78, 5) is 13.6. The minimum Gasteiger partial charge on any atom is -0.338 e. The quantitative estimate of drug-likeness (QED) is 0.820. The molecule has 1 aromatic rings.